The normalized spacial score (nSPS) is 18.6. The Morgan fingerprint density at radius 1 is 1.40 bits per heavy atom. The lowest BCUT2D eigenvalue weighted by Crippen LogP contribution is -2.58. The fourth-order valence-electron chi connectivity index (χ4n) is 3.27. The van der Waals surface area contributed by atoms with E-state index in [4.69, 9.17) is 4.74 Å². The SMILES string of the molecule is CCOC(=O)C1C(=O)NCCN1Cc1cccc2[nH]c(C(C)C)cc12. The molecule has 0 radical (unpaired) electrons. The molecule has 0 saturated carbocycles. The van der Waals surface area contributed by atoms with E-state index in [1.54, 1.807) is 6.92 Å². The van der Waals surface area contributed by atoms with Gasteiger partial charge in [-0.3, -0.25) is 9.69 Å². The van der Waals surface area contributed by atoms with Crippen LogP contribution in [0.5, 0.6) is 0 Å². The Hall–Kier alpha value is -2.34. The van der Waals surface area contributed by atoms with Crippen molar-refractivity contribution in [3.63, 3.8) is 0 Å². The van der Waals surface area contributed by atoms with E-state index in [0.717, 1.165) is 16.5 Å². The van der Waals surface area contributed by atoms with Gasteiger partial charge in [-0.1, -0.05) is 26.0 Å². The highest BCUT2D eigenvalue weighted by atomic mass is 16.5. The Kier molecular flexibility index (Phi) is 5.08. The molecule has 6 nitrogen and oxygen atoms in total. The Morgan fingerprint density at radius 3 is 2.92 bits per heavy atom. The number of esters is 1. The van der Waals surface area contributed by atoms with Gasteiger partial charge in [0.25, 0.3) is 0 Å². The number of piperazine rings is 1. The molecule has 6 heteroatoms. The number of nitrogens with one attached hydrogen (secondary N) is 2. The first-order chi connectivity index (χ1) is 12.0. The zero-order valence-corrected chi connectivity index (χ0v) is 15.0. The van der Waals surface area contributed by atoms with Crippen molar-refractivity contribution in [3.05, 3.63) is 35.5 Å². The number of fused-ring (bicyclic) bond motifs is 1. The number of rotatable bonds is 5. The fraction of sp³-hybridized carbons (Fsp3) is 0.474. The Labute approximate surface area is 147 Å². The van der Waals surface area contributed by atoms with Crippen molar-refractivity contribution in [1.29, 1.82) is 0 Å². The zero-order chi connectivity index (χ0) is 18.0. The summed E-state index contributed by atoms with van der Waals surface area (Å²) >= 11 is 0. The smallest absolute Gasteiger partial charge is 0.333 e. The molecule has 2 aromatic rings. The first kappa shape index (κ1) is 17.5. The maximum atomic E-state index is 12.2. The minimum Gasteiger partial charge on any atom is -0.464 e. The molecule has 1 unspecified atom stereocenters. The number of benzene rings is 1. The van der Waals surface area contributed by atoms with Gasteiger partial charge < -0.3 is 15.0 Å². The van der Waals surface area contributed by atoms with Crippen LogP contribution in [0.3, 0.4) is 0 Å². The van der Waals surface area contributed by atoms with Gasteiger partial charge in [0.15, 0.2) is 6.04 Å². The zero-order valence-electron chi connectivity index (χ0n) is 15.0. The average Bonchev–Trinajstić information content (AvgIpc) is 3.01. The molecule has 1 aromatic carbocycles. The summed E-state index contributed by atoms with van der Waals surface area (Å²) in [6.45, 7) is 8.00. The third-order valence-corrected chi connectivity index (χ3v) is 4.59. The molecule has 25 heavy (non-hydrogen) atoms. The molecule has 1 amide bonds. The second kappa shape index (κ2) is 7.27. The topological polar surface area (TPSA) is 74.4 Å². The third-order valence-electron chi connectivity index (χ3n) is 4.59. The van der Waals surface area contributed by atoms with E-state index >= 15 is 0 Å². The molecule has 0 spiro atoms. The minimum atomic E-state index is -0.882. The number of carbonyl (C=O) groups excluding carboxylic acids is 2. The molecular formula is C19H25N3O3. The highest BCUT2D eigenvalue weighted by Crippen LogP contribution is 2.26. The molecule has 2 N–H and O–H groups in total. The summed E-state index contributed by atoms with van der Waals surface area (Å²) in [5.74, 6) is -0.356. The number of hydrogen-bond acceptors (Lipinski definition) is 4. The highest BCUT2D eigenvalue weighted by Gasteiger charge is 2.37. The largest absolute Gasteiger partial charge is 0.464 e. The summed E-state index contributed by atoms with van der Waals surface area (Å²) in [5.41, 5.74) is 3.36. The highest BCUT2D eigenvalue weighted by molar-refractivity contribution is 6.02. The van der Waals surface area contributed by atoms with Crippen molar-refractivity contribution in [1.82, 2.24) is 15.2 Å². The van der Waals surface area contributed by atoms with Crippen LogP contribution in [0.1, 0.15) is 37.9 Å². The average molecular weight is 343 g/mol. The Balaban J connectivity index is 1.90. The van der Waals surface area contributed by atoms with E-state index in [-0.39, 0.29) is 12.5 Å². The van der Waals surface area contributed by atoms with Crippen molar-refractivity contribution in [2.75, 3.05) is 19.7 Å². The molecule has 1 aliphatic rings. The van der Waals surface area contributed by atoms with Crippen LogP contribution < -0.4 is 5.32 Å². The predicted molar refractivity (Wildman–Crippen MR) is 96.2 cm³/mol. The van der Waals surface area contributed by atoms with Gasteiger partial charge in [-0.05, 0) is 30.5 Å². The van der Waals surface area contributed by atoms with Crippen molar-refractivity contribution in [3.8, 4) is 0 Å². The molecule has 134 valence electrons. The predicted octanol–water partition coefficient (Wildman–Crippen LogP) is 2.15. The molecule has 0 bridgehead atoms. The van der Waals surface area contributed by atoms with Crippen molar-refractivity contribution >= 4 is 22.8 Å². The van der Waals surface area contributed by atoms with Gasteiger partial charge in [-0.15, -0.1) is 0 Å². The summed E-state index contributed by atoms with van der Waals surface area (Å²) < 4.78 is 5.10. The van der Waals surface area contributed by atoms with Crippen LogP contribution in [-0.2, 0) is 20.9 Å². The number of hydrogen-bond donors (Lipinski definition) is 2. The van der Waals surface area contributed by atoms with Gasteiger partial charge in [0.05, 0.1) is 6.61 Å². The summed E-state index contributed by atoms with van der Waals surface area (Å²) in [5, 5.41) is 3.89. The number of amides is 1. The van der Waals surface area contributed by atoms with Crippen LogP contribution in [-0.4, -0.2) is 47.5 Å². The van der Waals surface area contributed by atoms with Crippen LogP contribution in [0.4, 0.5) is 0 Å². The molecule has 1 saturated heterocycles. The Morgan fingerprint density at radius 2 is 2.20 bits per heavy atom. The summed E-state index contributed by atoms with van der Waals surface area (Å²) in [4.78, 5) is 29.8. The fourth-order valence-corrected chi connectivity index (χ4v) is 3.27. The molecule has 1 aliphatic heterocycles. The standard InChI is InChI=1S/C19H25N3O3/c1-4-25-19(24)17-18(23)20-8-9-22(17)11-13-6-5-7-15-14(13)10-16(21-15)12(2)3/h5-7,10,12,17,21H,4,8-9,11H2,1-3H3,(H,20,23). The molecule has 1 aromatic heterocycles. The first-order valence-corrected chi connectivity index (χ1v) is 8.80. The van der Waals surface area contributed by atoms with Crippen LogP contribution >= 0.6 is 0 Å². The van der Waals surface area contributed by atoms with Crippen LogP contribution in [0.25, 0.3) is 10.9 Å². The molecule has 2 heterocycles. The minimum absolute atomic E-state index is 0.265. The van der Waals surface area contributed by atoms with Crippen molar-refractivity contribution < 1.29 is 14.3 Å². The van der Waals surface area contributed by atoms with Gasteiger partial charge in [-0.2, -0.15) is 0 Å². The lowest BCUT2D eigenvalue weighted by atomic mass is 10.1. The van der Waals surface area contributed by atoms with Gasteiger partial charge in [0, 0.05) is 36.2 Å². The van der Waals surface area contributed by atoms with Crippen molar-refractivity contribution in [2.45, 2.75) is 39.3 Å². The van der Waals surface area contributed by atoms with E-state index in [1.165, 1.54) is 5.69 Å². The molecule has 3 rings (SSSR count). The van der Waals surface area contributed by atoms with Crippen molar-refractivity contribution in [2.24, 2.45) is 0 Å². The molecule has 0 aliphatic carbocycles. The monoisotopic (exact) mass is 343 g/mol. The molecular weight excluding hydrogens is 318 g/mol. The number of ether oxygens (including phenoxy) is 1. The van der Waals surface area contributed by atoms with Crippen LogP contribution in [0.2, 0.25) is 0 Å². The summed E-state index contributed by atoms with van der Waals surface area (Å²) in [6, 6.07) is 7.39. The first-order valence-electron chi connectivity index (χ1n) is 8.80. The van der Waals surface area contributed by atoms with Gasteiger partial charge >= 0.3 is 5.97 Å². The van der Waals surface area contributed by atoms with E-state index in [0.29, 0.717) is 25.6 Å². The maximum absolute atomic E-state index is 12.2. The lowest BCUT2D eigenvalue weighted by Gasteiger charge is -2.33. The van der Waals surface area contributed by atoms with E-state index < -0.39 is 12.0 Å². The summed E-state index contributed by atoms with van der Waals surface area (Å²) in [7, 11) is 0. The number of aromatic amines is 1. The third kappa shape index (κ3) is 3.54. The maximum Gasteiger partial charge on any atom is 0.333 e. The molecule has 1 atom stereocenters. The van der Waals surface area contributed by atoms with Gasteiger partial charge in [-0.25, -0.2) is 4.79 Å². The number of H-pyrrole nitrogens is 1. The number of nitrogens with zero attached hydrogens (tertiary/aromatic N) is 1. The van der Waals surface area contributed by atoms with Crippen LogP contribution in [0.15, 0.2) is 24.3 Å². The van der Waals surface area contributed by atoms with E-state index in [2.05, 4.69) is 42.3 Å². The second-order valence-corrected chi connectivity index (χ2v) is 6.67. The second-order valence-electron chi connectivity index (χ2n) is 6.67. The lowest BCUT2D eigenvalue weighted by molar-refractivity contribution is -0.155. The van der Waals surface area contributed by atoms with E-state index in [1.807, 2.05) is 11.0 Å². The number of aromatic nitrogens is 1. The summed E-state index contributed by atoms with van der Waals surface area (Å²) in [6.07, 6.45) is 0. The quantitative estimate of drug-likeness (QED) is 0.644. The van der Waals surface area contributed by atoms with Gasteiger partial charge in [0.1, 0.15) is 0 Å². The van der Waals surface area contributed by atoms with Crippen LogP contribution in [0, 0.1) is 0 Å². The molecule has 1 fully saturated rings. The Bertz CT molecular complexity index is 781. The number of carbonyl (C=O) groups is 2. The van der Waals surface area contributed by atoms with Gasteiger partial charge in [0.2, 0.25) is 5.91 Å². The van der Waals surface area contributed by atoms with E-state index in [9.17, 15) is 9.59 Å².